The molecule has 21 heavy (non-hydrogen) atoms. The van der Waals surface area contributed by atoms with Crippen LogP contribution >= 0.6 is 0 Å². The number of furan rings is 1. The Kier molecular flexibility index (Phi) is 3.24. The lowest BCUT2D eigenvalue weighted by Gasteiger charge is -2.16. The summed E-state index contributed by atoms with van der Waals surface area (Å²) in [6.07, 6.45) is 2.94. The molecule has 0 bridgehead atoms. The molecule has 1 aromatic heterocycles. The normalized spacial score (nSPS) is 19.3. The molecule has 1 atom stereocenters. The molecule has 0 aliphatic carbocycles. The van der Waals surface area contributed by atoms with Crippen LogP contribution in [-0.2, 0) is 9.84 Å². The number of likely N-dealkylation sites (tertiary alicyclic amines) is 1. The molecule has 2 heterocycles. The molecule has 1 aromatic carbocycles. The third-order valence-corrected chi connectivity index (χ3v) is 5.43. The summed E-state index contributed by atoms with van der Waals surface area (Å²) < 4.78 is 41.7. The first-order chi connectivity index (χ1) is 9.88. The Morgan fingerprint density at radius 1 is 1.38 bits per heavy atom. The minimum atomic E-state index is -3.16. The van der Waals surface area contributed by atoms with Gasteiger partial charge in [-0.25, -0.2) is 12.8 Å². The Hall–Kier alpha value is -1.89. The zero-order valence-corrected chi connectivity index (χ0v) is 12.2. The average molecular weight is 311 g/mol. The lowest BCUT2D eigenvalue weighted by Crippen LogP contribution is -2.31. The Morgan fingerprint density at radius 3 is 2.81 bits per heavy atom. The van der Waals surface area contributed by atoms with Gasteiger partial charge in [-0.3, -0.25) is 4.79 Å². The largest absolute Gasteiger partial charge is 0.461 e. The number of amides is 1. The molecule has 1 aliphatic rings. The smallest absolute Gasteiger partial charge is 0.254 e. The minimum absolute atomic E-state index is 0.0414. The van der Waals surface area contributed by atoms with Gasteiger partial charge in [0.2, 0.25) is 0 Å². The van der Waals surface area contributed by atoms with Gasteiger partial charge in [-0.15, -0.1) is 0 Å². The molecular weight excluding hydrogens is 297 g/mol. The highest BCUT2D eigenvalue weighted by atomic mass is 32.2. The summed E-state index contributed by atoms with van der Waals surface area (Å²) in [7, 11) is -3.16. The second-order valence-electron chi connectivity index (χ2n) is 5.25. The number of fused-ring (bicyclic) bond motifs is 1. The van der Waals surface area contributed by atoms with E-state index in [4.69, 9.17) is 4.42 Å². The SMILES string of the molecule is CS(=O)(=O)C1CCN(C(=O)c2ccc(F)c3occc23)C1. The molecule has 3 rings (SSSR count). The Bertz CT molecular complexity index is 811. The zero-order valence-electron chi connectivity index (χ0n) is 11.4. The van der Waals surface area contributed by atoms with Crippen molar-refractivity contribution in [1.82, 2.24) is 4.90 Å². The van der Waals surface area contributed by atoms with E-state index >= 15 is 0 Å². The van der Waals surface area contributed by atoms with E-state index in [1.807, 2.05) is 0 Å². The molecule has 112 valence electrons. The first-order valence-electron chi connectivity index (χ1n) is 6.52. The number of nitrogens with zero attached hydrogens (tertiary/aromatic N) is 1. The number of carbonyl (C=O) groups excluding carboxylic acids is 1. The highest BCUT2D eigenvalue weighted by molar-refractivity contribution is 7.91. The van der Waals surface area contributed by atoms with Crippen molar-refractivity contribution in [3.8, 4) is 0 Å². The fourth-order valence-electron chi connectivity index (χ4n) is 2.65. The topological polar surface area (TPSA) is 67.6 Å². The number of hydrogen-bond donors (Lipinski definition) is 0. The van der Waals surface area contributed by atoms with Crippen molar-refractivity contribution in [2.45, 2.75) is 11.7 Å². The lowest BCUT2D eigenvalue weighted by molar-refractivity contribution is 0.0795. The molecule has 1 saturated heterocycles. The van der Waals surface area contributed by atoms with Crippen LogP contribution in [0.5, 0.6) is 0 Å². The van der Waals surface area contributed by atoms with Crippen LogP contribution in [0.3, 0.4) is 0 Å². The molecule has 1 unspecified atom stereocenters. The minimum Gasteiger partial charge on any atom is -0.461 e. The number of hydrogen-bond acceptors (Lipinski definition) is 4. The zero-order chi connectivity index (χ0) is 15.2. The molecule has 1 aliphatic heterocycles. The summed E-state index contributed by atoms with van der Waals surface area (Å²) in [6, 6.07) is 4.13. The van der Waals surface area contributed by atoms with E-state index in [9.17, 15) is 17.6 Å². The monoisotopic (exact) mass is 311 g/mol. The van der Waals surface area contributed by atoms with Crippen LogP contribution < -0.4 is 0 Å². The van der Waals surface area contributed by atoms with Crippen molar-refractivity contribution in [2.75, 3.05) is 19.3 Å². The number of halogens is 1. The van der Waals surface area contributed by atoms with Gasteiger partial charge in [0, 0.05) is 24.7 Å². The van der Waals surface area contributed by atoms with Gasteiger partial charge in [-0.1, -0.05) is 0 Å². The Morgan fingerprint density at radius 2 is 2.14 bits per heavy atom. The van der Waals surface area contributed by atoms with Crippen molar-refractivity contribution in [1.29, 1.82) is 0 Å². The molecule has 0 radical (unpaired) electrons. The second kappa shape index (κ2) is 4.84. The molecule has 7 heteroatoms. The summed E-state index contributed by atoms with van der Waals surface area (Å²) in [5.41, 5.74) is 0.369. The molecule has 1 amide bonds. The summed E-state index contributed by atoms with van der Waals surface area (Å²) in [5.74, 6) is -0.825. The molecule has 0 N–H and O–H groups in total. The van der Waals surface area contributed by atoms with Crippen LogP contribution in [0.1, 0.15) is 16.8 Å². The summed E-state index contributed by atoms with van der Waals surface area (Å²) in [4.78, 5) is 14.0. The van der Waals surface area contributed by atoms with Crippen molar-refractivity contribution in [3.63, 3.8) is 0 Å². The molecule has 0 saturated carbocycles. The molecule has 0 spiro atoms. The predicted octanol–water partition coefficient (Wildman–Crippen LogP) is 1.83. The van der Waals surface area contributed by atoms with Gasteiger partial charge in [-0.05, 0) is 24.6 Å². The van der Waals surface area contributed by atoms with Gasteiger partial charge in [0.15, 0.2) is 21.2 Å². The lowest BCUT2D eigenvalue weighted by atomic mass is 10.1. The fraction of sp³-hybridized carbons (Fsp3) is 0.357. The van der Waals surface area contributed by atoms with Gasteiger partial charge < -0.3 is 9.32 Å². The van der Waals surface area contributed by atoms with Crippen molar-refractivity contribution >= 4 is 26.7 Å². The maximum atomic E-state index is 13.6. The van der Waals surface area contributed by atoms with E-state index < -0.39 is 20.9 Å². The van der Waals surface area contributed by atoms with Crippen LogP contribution in [0.2, 0.25) is 0 Å². The Balaban J connectivity index is 1.92. The van der Waals surface area contributed by atoms with Crippen molar-refractivity contribution < 1.29 is 22.0 Å². The van der Waals surface area contributed by atoms with Gasteiger partial charge in [0.1, 0.15) is 0 Å². The van der Waals surface area contributed by atoms with Gasteiger partial charge in [0.05, 0.1) is 17.1 Å². The molecule has 5 nitrogen and oxygen atoms in total. The van der Waals surface area contributed by atoms with E-state index in [2.05, 4.69) is 0 Å². The van der Waals surface area contributed by atoms with Gasteiger partial charge in [0.25, 0.3) is 5.91 Å². The number of carbonyl (C=O) groups is 1. The summed E-state index contributed by atoms with van der Waals surface area (Å²) >= 11 is 0. The van der Waals surface area contributed by atoms with Crippen LogP contribution in [-0.4, -0.2) is 43.8 Å². The maximum Gasteiger partial charge on any atom is 0.254 e. The molecule has 1 fully saturated rings. The van der Waals surface area contributed by atoms with Gasteiger partial charge >= 0.3 is 0 Å². The van der Waals surface area contributed by atoms with Crippen LogP contribution in [0, 0.1) is 5.82 Å². The number of rotatable bonds is 2. The summed E-state index contributed by atoms with van der Waals surface area (Å²) in [5, 5.41) is -0.121. The molecule has 2 aromatic rings. The quantitative estimate of drug-likeness (QED) is 0.848. The van der Waals surface area contributed by atoms with Crippen molar-refractivity contribution in [2.24, 2.45) is 0 Å². The first-order valence-corrected chi connectivity index (χ1v) is 8.47. The number of benzene rings is 1. The fourth-order valence-corrected chi connectivity index (χ4v) is 3.63. The van der Waals surface area contributed by atoms with Crippen molar-refractivity contribution in [3.05, 3.63) is 35.8 Å². The van der Waals surface area contributed by atoms with E-state index in [-0.39, 0.29) is 18.0 Å². The third kappa shape index (κ3) is 2.42. The standard InChI is InChI=1S/C14H14FNO4S/c1-21(18,19)9-4-6-16(8-9)14(17)11-2-3-12(15)13-10(11)5-7-20-13/h2-3,5,7,9H,4,6,8H2,1H3. The van der Waals surface area contributed by atoms with Crippen LogP contribution in [0.25, 0.3) is 11.0 Å². The van der Waals surface area contributed by atoms with Crippen LogP contribution in [0.4, 0.5) is 4.39 Å². The molecular formula is C14H14FNO4S. The van der Waals surface area contributed by atoms with Crippen LogP contribution in [0.15, 0.2) is 28.9 Å². The van der Waals surface area contributed by atoms with E-state index in [1.165, 1.54) is 35.6 Å². The first kappa shape index (κ1) is 14.1. The third-order valence-electron chi connectivity index (χ3n) is 3.84. The average Bonchev–Trinajstić information content (AvgIpc) is 3.07. The van der Waals surface area contributed by atoms with E-state index in [0.717, 1.165) is 0 Å². The second-order valence-corrected chi connectivity index (χ2v) is 7.58. The predicted molar refractivity (Wildman–Crippen MR) is 75.3 cm³/mol. The van der Waals surface area contributed by atoms with E-state index in [1.54, 1.807) is 0 Å². The Labute approximate surface area is 121 Å². The van der Waals surface area contributed by atoms with E-state index in [0.29, 0.717) is 23.9 Å². The van der Waals surface area contributed by atoms with Gasteiger partial charge in [-0.2, -0.15) is 0 Å². The maximum absolute atomic E-state index is 13.6. The highest BCUT2D eigenvalue weighted by Crippen LogP contribution is 2.26. The highest BCUT2D eigenvalue weighted by Gasteiger charge is 2.33. The number of sulfone groups is 1. The summed E-state index contributed by atoms with van der Waals surface area (Å²) in [6.45, 7) is 0.557.